The van der Waals surface area contributed by atoms with Crippen LogP contribution in [0.4, 0.5) is 0 Å². The summed E-state index contributed by atoms with van der Waals surface area (Å²) in [5.74, 6) is -2.52. The molecule has 142 valence electrons. The van der Waals surface area contributed by atoms with Crippen molar-refractivity contribution >= 4 is 17.9 Å². The molecule has 2 rings (SSSR count). The van der Waals surface area contributed by atoms with Crippen molar-refractivity contribution in [2.75, 3.05) is 0 Å². The summed E-state index contributed by atoms with van der Waals surface area (Å²) in [5.41, 5.74) is 7.14. The number of carboxylic acid groups (broad SMARTS) is 1. The van der Waals surface area contributed by atoms with E-state index in [1.807, 2.05) is 6.07 Å². The number of nitrogens with two attached hydrogens (primary N) is 1. The molecule has 26 heavy (non-hydrogen) atoms. The minimum Gasteiger partial charge on any atom is -0.481 e. The van der Waals surface area contributed by atoms with Gasteiger partial charge in [0.2, 0.25) is 6.29 Å². The predicted octanol–water partition coefficient (Wildman–Crippen LogP) is 2.26. The highest BCUT2D eigenvalue weighted by molar-refractivity contribution is 5.91. The molecule has 2 atom stereocenters. The zero-order valence-electron chi connectivity index (χ0n) is 15.0. The van der Waals surface area contributed by atoms with Crippen LogP contribution in [0.25, 0.3) is 0 Å². The molecule has 1 aliphatic carbocycles. The molecule has 7 nitrogen and oxygen atoms in total. The maximum atomic E-state index is 12.2. The molecular weight excluding hydrogens is 338 g/mol. The van der Waals surface area contributed by atoms with Gasteiger partial charge in [-0.15, -0.1) is 0 Å². The molecule has 1 saturated carbocycles. The number of rotatable bonds is 6. The summed E-state index contributed by atoms with van der Waals surface area (Å²) in [5, 5.41) is 9.02. The quantitative estimate of drug-likeness (QED) is 0.588. The van der Waals surface area contributed by atoms with E-state index in [2.05, 4.69) is 0 Å². The number of esters is 2. The van der Waals surface area contributed by atoms with Gasteiger partial charge in [-0.1, -0.05) is 18.2 Å². The fourth-order valence-corrected chi connectivity index (χ4v) is 3.20. The van der Waals surface area contributed by atoms with E-state index in [1.54, 1.807) is 25.1 Å². The first-order chi connectivity index (χ1) is 12.3. The second-order valence-electron chi connectivity index (χ2n) is 6.70. The summed E-state index contributed by atoms with van der Waals surface area (Å²) in [6.07, 6.45) is 1.06. The smallest absolute Gasteiger partial charge is 0.341 e. The lowest BCUT2D eigenvalue weighted by atomic mass is 9.79. The normalized spacial score (nSPS) is 22.1. The Labute approximate surface area is 152 Å². The average molecular weight is 363 g/mol. The van der Waals surface area contributed by atoms with Gasteiger partial charge in [-0.3, -0.25) is 9.59 Å². The Morgan fingerprint density at radius 2 is 1.73 bits per heavy atom. The van der Waals surface area contributed by atoms with Crippen molar-refractivity contribution in [2.24, 2.45) is 17.6 Å². The lowest BCUT2D eigenvalue weighted by Gasteiger charge is -2.29. The van der Waals surface area contributed by atoms with Crippen molar-refractivity contribution in [1.29, 1.82) is 0 Å². The minimum absolute atomic E-state index is 0.127. The molecule has 0 aliphatic heterocycles. The Hall–Kier alpha value is -2.41. The van der Waals surface area contributed by atoms with Crippen LogP contribution in [0, 0.1) is 18.8 Å². The van der Waals surface area contributed by atoms with E-state index < -0.39 is 30.2 Å². The summed E-state index contributed by atoms with van der Waals surface area (Å²) in [6, 6.07) is 6.11. The lowest BCUT2D eigenvalue weighted by molar-refractivity contribution is -0.168. The van der Waals surface area contributed by atoms with Gasteiger partial charge in [-0.25, -0.2) is 4.79 Å². The minimum atomic E-state index is -1.06. The summed E-state index contributed by atoms with van der Waals surface area (Å²) < 4.78 is 10.3. The van der Waals surface area contributed by atoms with Gasteiger partial charge < -0.3 is 20.3 Å². The molecule has 1 aromatic rings. The largest absolute Gasteiger partial charge is 0.481 e. The van der Waals surface area contributed by atoms with Crippen LogP contribution in [0.2, 0.25) is 0 Å². The molecule has 2 unspecified atom stereocenters. The Morgan fingerprint density at radius 3 is 2.31 bits per heavy atom. The van der Waals surface area contributed by atoms with Gasteiger partial charge in [-0.05, 0) is 50.2 Å². The molecule has 0 spiro atoms. The van der Waals surface area contributed by atoms with Gasteiger partial charge in [-0.2, -0.15) is 0 Å². The number of carbonyl (C=O) groups excluding carboxylic acids is 2. The highest BCUT2D eigenvalue weighted by Crippen LogP contribution is 2.31. The van der Waals surface area contributed by atoms with Crippen LogP contribution in [0.3, 0.4) is 0 Å². The molecule has 0 bridgehead atoms. The third kappa shape index (κ3) is 5.05. The number of benzene rings is 1. The number of ether oxygens (including phenoxy) is 2. The van der Waals surface area contributed by atoms with Gasteiger partial charge in [0.1, 0.15) is 6.04 Å². The van der Waals surface area contributed by atoms with E-state index in [4.69, 9.17) is 20.3 Å². The maximum absolute atomic E-state index is 12.2. The number of hydrogen-bond donors (Lipinski definition) is 2. The Morgan fingerprint density at radius 1 is 1.12 bits per heavy atom. The van der Waals surface area contributed by atoms with Crippen LogP contribution in [0.1, 0.15) is 48.5 Å². The lowest BCUT2D eigenvalue weighted by Crippen LogP contribution is -2.43. The number of carboxylic acids is 1. The van der Waals surface area contributed by atoms with Gasteiger partial charge in [0.15, 0.2) is 0 Å². The Bertz CT molecular complexity index is 666. The standard InChI is InChI=1S/C19H25NO6/c1-11-5-3-4-6-15(11)18(23)25-12(2)26-19(24)16(20)13-7-9-14(10-8-13)17(21)22/h3-6,12-14,16H,7-10,20H2,1-2H3,(H,21,22)/t12?,13-,14-,16?. The first-order valence-corrected chi connectivity index (χ1v) is 8.75. The molecular formula is C19H25NO6. The van der Waals surface area contributed by atoms with Crippen molar-refractivity contribution < 1.29 is 29.0 Å². The third-order valence-corrected chi connectivity index (χ3v) is 4.82. The summed E-state index contributed by atoms with van der Waals surface area (Å²) in [6.45, 7) is 3.25. The van der Waals surface area contributed by atoms with Gasteiger partial charge in [0, 0.05) is 6.92 Å². The van der Waals surface area contributed by atoms with Crippen LogP contribution in [-0.2, 0) is 19.1 Å². The Kier molecular flexibility index (Phi) is 6.74. The molecule has 0 saturated heterocycles. The van der Waals surface area contributed by atoms with Crippen LogP contribution >= 0.6 is 0 Å². The number of hydrogen-bond acceptors (Lipinski definition) is 6. The fraction of sp³-hybridized carbons (Fsp3) is 0.526. The number of aliphatic carboxylic acids is 1. The fourth-order valence-electron chi connectivity index (χ4n) is 3.20. The van der Waals surface area contributed by atoms with E-state index >= 15 is 0 Å². The van der Waals surface area contributed by atoms with Crippen LogP contribution in [-0.4, -0.2) is 35.3 Å². The van der Waals surface area contributed by atoms with Crippen molar-refractivity contribution in [3.63, 3.8) is 0 Å². The zero-order valence-corrected chi connectivity index (χ0v) is 15.0. The topological polar surface area (TPSA) is 116 Å². The molecule has 0 aromatic heterocycles. The second-order valence-corrected chi connectivity index (χ2v) is 6.70. The first-order valence-electron chi connectivity index (χ1n) is 8.75. The molecule has 7 heteroatoms. The first kappa shape index (κ1) is 19.9. The summed E-state index contributed by atoms with van der Waals surface area (Å²) in [4.78, 5) is 35.3. The van der Waals surface area contributed by atoms with Crippen molar-refractivity contribution in [1.82, 2.24) is 0 Å². The van der Waals surface area contributed by atoms with Crippen molar-refractivity contribution in [3.8, 4) is 0 Å². The molecule has 1 aliphatic rings. The average Bonchev–Trinajstić information content (AvgIpc) is 2.61. The molecule has 1 fully saturated rings. The monoisotopic (exact) mass is 363 g/mol. The number of carbonyl (C=O) groups is 3. The van der Waals surface area contributed by atoms with Gasteiger partial charge >= 0.3 is 17.9 Å². The van der Waals surface area contributed by atoms with Crippen molar-refractivity contribution in [3.05, 3.63) is 35.4 Å². The maximum Gasteiger partial charge on any atom is 0.341 e. The number of aryl methyl sites for hydroxylation is 1. The van der Waals surface area contributed by atoms with Gasteiger partial charge in [0.25, 0.3) is 0 Å². The van der Waals surface area contributed by atoms with Crippen LogP contribution in [0.15, 0.2) is 24.3 Å². The molecule has 1 aromatic carbocycles. The van der Waals surface area contributed by atoms with E-state index in [1.165, 1.54) is 6.92 Å². The second kappa shape index (κ2) is 8.80. The molecule has 0 heterocycles. The third-order valence-electron chi connectivity index (χ3n) is 4.82. The van der Waals surface area contributed by atoms with Crippen LogP contribution in [0.5, 0.6) is 0 Å². The van der Waals surface area contributed by atoms with E-state index in [-0.39, 0.29) is 11.8 Å². The summed E-state index contributed by atoms with van der Waals surface area (Å²) >= 11 is 0. The zero-order chi connectivity index (χ0) is 19.3. The van der Waals surface area contributed by atoms with E-state index in [9.17, 15) is 14.4 Å². The van der Waals surface area contributed by atoms with Gasteiger partial charge in [0.05, 0.1) is 11.5 Å². The molecule has 0 radical (unpaired) electrons. The van der Waals surface area contributed by atoms with E-state index in [0.29, 0.717) is 31.2 Å². The van der Waals surface area contributed by atoms with Crippen molar-refractivity contribution in [2.45, 2.75) is 51.9 Å². The highest BCUT2D eigenvalue weighted by Gasteiger charge is 2.33. The highest BCUT2D eigenvalue weighted by atomic mass is 16.7. The predicted molar refractivity (Wildman–Crippen MR) is 93.2 cm³/mol. The SMILES string of the molecule is Cc1ccccc1C(=O)OC(C)OC(=O)C(N)[C@H]1CC[C@H](C(=O)O)CC1. The van der Waals surface area contributed by atoms with Crippen LogP contribution < -0.4 is 5.73 Å². The van der Waals surface area contributed by atoms with E-state index in [0.717, 1.165) is 5.56 Å². The Balaban J connectivity index is 1.84. The molecule has 3 N–H and O–H groups in total. The summed E-state index contributed by atoms with van der Waals surface area (Å²) in [7, 11) is 0. The molecule has 0 amide bonds.